The van der Waals surface area contributed by atoms with Crippen LogP contribution in [-0.4, -0.2) is 189 Å². The van der Waals surface area contributed by atoms with Gasteiger partial charge in [-0.05, 0) is 78.5 Å². The smallest absolute Gasteiger partial charge is 0.338 e. The zero-order chi connectivity index (χ0) is 63.4. The van der Waals surface area contributed by atoms with Crippen LogP contribution in [-0.2, 0) is 47.2 Å². The Morgan fingerprint density at radius 3 is 1.38 bits per heavy atom. The first kappa shape index (κ1) is 71.0. The molecule has 21 heteroatoms. The first-order valence-corrected chi connectivity index (χ1v) is 33.0. The highest BCUT2D eigenvalue weighted by atomic mass is 28.4. The molecule has 20 nitrogen and oxygen atoms in total. The lowest BCUT2D eigenvalue weighted by molar-refractivity contribution is -0.365. The predicted octanol–water partition coefficient (Wildman–Crippen LogP) is 6.70. The third-order valence-electron chi connectivity index (χ3n) is 22.9. The summed E-state index contributed by atoms with van der Waals surface area (Å²) >= 11 is 0. The van der Waals surface area contributed by atoms with Crippen molar-refractivity contribution in [1.82, 2.24) is 0 Å². The molecule has 2 aromatic rings. The van der Waals surface area contributed by atoms with E-state index in [2.05, 4.69) is 20.8 Å². The van der Waals surface area contributed by atoms with Crippen LogP contribution in [0.3, 0.4) is 0 Å². The van der Waals surface area contributed by atoms with Crippen molar-refractivity contribution in [3.05, 3.63) is 94.1 Å². The highest BCUT2D eigenvalue weighted by molar-refractivity contribution is 6.73. The molecule has 2 aliphatic heterocycles. The highest BCUT2D eigenvalue weighted by Crippen LogP contribution is 2.68. The summed E-state index contributed by atoms with van der Waals surface area (Å²) in [7, 11) is -0.837. The maximum Gasteiger partial charge on any atom is 0.338 e. The SMILES string of the molecule is C.C.CC(=O)O[C@@]12CO[C@@H]1C[C@H](O)[C@@]1(C)C(O)[C@H](O)C3=C(C)C(O)C[C@@](O)([C@@H](OC(=O)c4ccccc4)[C@H]21)C3(C)C.CC[Si](CC)(CC)O[C@H]1C[C@H]2OC[C@@]2(OC(C)=O)[C@H]2[C@H](OC(=O)c3ccccc3)[C@]3(O)CC(O)C(C)=C([C@@H](OC)C(O)[C@]12C)C3(C)C. The molecule has 6 aliphatic carbocycles. The van der Waals surface area contributed by atoms with E-state index in [0.29, 0.717) is 23.1 Å². The second kappa shape index (κ2) is 24.9. The Bertz CT molecular complexity index is 2960. The van der Waals surface area contributed by atoms with E-state index >= 15 is 0 Å². The molecule has 10 rings (SSSR count). The van der Waals surface area contributed by atoms with Gasteiger partial charge in [0.25, 0.3) is 0 Å². The average Bonchev–Trinajstić information content (AvgIpc) is 1.01. The van der Waals surface area contributed by atoms with Crippen LogP contribution < -0.4 is 0 Å². The molecule has 88 heavy (non-hydrogen) atoms. The Balaban J connectivity index is 0.000000249. The molecule has 4 bridgehead atoms. The van der Waals surface area contributed by atoms with E-state index in [4.69, 9.17) is 37.6 Å². The molecule has 4 saturated carbocycles. The van der Waals surface area contributed by atoms with E-state index in [9.17, 15) is 60.0 Å². The molecular formula is C67H100O20Si. The van der Waals surface area contributed by atoms with Crippen LogP contribution in [0.25, 0.3) is 0 Å². The number of carbonyl (C=O) groups is 4. The van der Waals surface area contributed by atoms with E-state index in [1.807, 2.05) is 20.8 Å². The first-order chi connectivity index (χ1) is 40.2. The van der Waals surface area contributed by atoms with Crippen LogP contribution in [0.2, 0.25) is 18.1 Å². The highest BCUT2D eigenvalue weighted by Gasteiger charge is 2.80. The standard InChI is InChI=1S/C36H54O10Si.C29H38O10.2CH4/c1-10-47(11-2,12-3)46-25-18-26-35(20-43-26,45-22(5)37)29-31(44-32(40)23-16-14-13-15-17-23)36(41)19-24(38)21(4)27(33(36,6)7)28(42-9)30(39)34(25,29)8;1-14-17(31)12-29(36)24(38-25(35)16-9-7-6-8-10-16)22-27(5,23(34)21(33)20(14)26(29,3)4)18(32)11-19-28(22,13-37-19)39-15(2)30;;/h13-17,24-26,28-31,38-39,41H,10-12,18-20H2,1-9H3;6-10,17-19,21-24,31-34,36H,11-13H2,1-5H3;2*1H4/t24?,25-,26+,28+,29-,30?,31-,34+,35-,36+;17?,18-,19+,21+,22-,23?,24-,27+,28-,29+;;/m00../s1. The van der Waals surface area contributed by atoms with E-state index in [-0.39, 0.29) is 64.0 Å². The molecule has 6 fully saturated rings. The number of benzene rings is 2. The Kier molecular flexibility index (Phi) is 20.1. The quantitative estimate of drug-likeness (QED) is 0.0474. The fourth-order valence-electron chi connectivity index (χ4n) is 17.4. The van der Waals surface area contributed by atoms with E-state index in [1.165, 1.54) is 21.0 Å². The van der Waals surface area contributed by atoms with Crippen LogP contribution >= 0.6 is 0 Å². The number of aliphatic hydroxyl groups is 8. The summed E-state index contributed by atoms with van der Waals surface area (Å²) in [6, 6.07) is 19.2. The molecule has 0 aromatic heterocycles. The molecule has 2 saturated heterocycles. The minimum atomic E-state index is -2.35. The van der Waals surface area contributed by atoms with Crippen molar-refractivity contribution < 1.29 is 97.6 Å². The Hall–Kier alpha value is -4.46. The van der Waals surface area contributed by atoms with Crippen LogP contribution in [0.1, 0.15) is 151 Å². The van der Waals surface area contributed by atoms with Gasteiger partial charge in [-0.2, -0.15) is 0 Å². The molecular weight excluding hydrogens is 1150 g/mol. The zero-order valence-electron chi connectivity index (χ0n) is 52.2. The van der Waals surface area contributed by atoms with Crippen molar-refractivity contribution >= 4 is 32.2 Å². The molecule has 8 N–H and O–H groups in total. The van der Waals surface area contributed by atoms with Gasteiger partial charge in [0.1, 0.15) is 47.8 Å². The number of esters is 4. The van der Waals surface area contributed by atoms with Gasteiger partial charge >= 0.3 is 23.9 Å². The van der Waals surface area contributed by atoms with Crippen LogP contribution in [0.15, 0.2) is 83.0 Å². The summed E-state index contributed by atoms with van der Waals surface area (Å²) in [6.07, 6.45) is -14.2. The Morgan fingerprint density at radius 2 is 0.989 bits per heavy atom. The normalized spacial score (nSPS) is 40.8. The van der Waals surface area contributed by atoms with Gasteiger partial charge in [0.05, 0.1) is 72.8 Å². The maximum absolute atomic E-state index is 14.1. The van der Waals surface area contributed by atoms with Crippen molar-refractivity contribution in [1.29, 1.82) is 0 Å². The van der Waals surface area contributed by atoms with E-state index < -0.39 is 161 Å². The number of carbonyl (C=O) groups excluding carboxylic acids is 4. The van der Waals surface area contributed by atoms with Gasteiger partial charge in [0, 0.05) is 68.3 Å². The van der Waals surface area contributed by atoms with E-state index in [0.717, 1.165) is 18.1 Å². The van der Waals surface area contributed by atoms with Crippen LogP contribution in [0.4, 0.5) is 0 Å². The van der Waals surface area contributed by atoms with Crippen molar-refractivity contribution in [3.8, 4) is 0 Å². The van der Waals surface area contributed by atoms with Crippen molar-refractivity contribution in [2.45, 2.75) is 244 Å². The van der Waals surface area contributed by atoms with Crippen LogP contribution in [0, 0.1) is 33.5 Å². The molecule has 0 radical (unpaired) electrons. The second-order valence-corrected chi connectivity index (χ2v) is 32.1. The second-order valence-electron chi connectivity index (χ2n) is 27.3. The summed E-state index contributed by atoms with van der Waals surface area (Å²) in [5, 5.41) is 96.5. The number of rotatable bonds is 12. The summed E-state index contributed by atoms with van der Waals surface area (Å²) in [5.74, 6) is -4.92. The Labute approximate surface area is 520 Å². The zero-order valence-corrected chi connectivity index (χ0v) is 53.2. The lowest BCUT2D eigenvalue weighted by Gasteiger charge is -2.70. The third kappa shape index (κ3) is 10.4. The Morgan fingerprint density at radius 1 is 0.591 bits per heavy atom. The number of hydrogen-bond donors (Lipinski definition) is 8. The molecule has 2 aromatic carbocycles. The fourth-order valence-corrected chi connectivity index (χ4v) is 20.4. The van der Waals surface area contributed by atoms with Gasteiger partial charge in [0.15, 0.2) is 19.5 Å². The number of hydrogen-bond acceptors (Lipinski definition) is 20. The topological polar surface area (TPSA) is 304 Å². The third-order valence-corrected chi connectivity index (χ3v) is 27.5. The van der Waals surface area contributed by atoms with Crippen molar-refractivity contribution in [2.75, 3.05) is 20.3 Å². The maximum atomic E-state index is 14.1. The van der Waals surface area contributed by atoms with Gasteiger partial charge in [-0.3, -0.25) is 9.59 Å². The molecule has 492 valence electrons. The minimum Gasteiger partial charge on any atom is -0.455 e. The van der Waals surface area contributed by atoms with Gasteiger partial charge < -0.3 is 78.4 Å². The van der Waals surface area contributed by atoms with Gasteiger partial charge in [-0.1, -0.05) is 114 Å². The summed E-state index contributed by atoms with van der Waals surface area (Å²) < 4.78 is 50.2. The molecule has 2 heterocycles. The van der Waals surface area contributed by atoms with Crippen molar-refractivity contribution in [2.24, 2.45) is 33.5 Å². The molecule has 0 spiro atoms. The molecule has 8 aliphatic rings. The van der Waals surface area contributed by atoms with Crippen LogP contribution in [0.5, 0.6) is 0 Å². The molecule has 4 unspecified atom stereocenters. The predicted molar refractivity (Wildman–Crippen MR) is 327 cm³/mol. The summed E-state index contributed by atoms with van der Waals surface area (Å²) in [5.41, 5.74) is -10.0. The van der Waals surface area contributed by atoms with Crippen molar-refractivity contribution in [3.63, 3.8) is 0 Å². The average molecular weight is 1250 g/mol. The molecule has 20 atom stereocenters. The van der Waals surface area contributed by atoms with E-state index in [1.54, 1.807) is 95.3 Å². The van der Waals surface area contributed by atoms with Gasteiger partial charge in [0.2, 0.25) is 0 Å². The first-order valence-electron chi connectivity index (χ1n) is 30.5. The number of fused-ring (bicyclic) bond motifs is 10. The summed E-state index contributed by atoms with van der Waals surface area (Å²) in [4.78, 5) is 53.1. The van der Waals surface area contributed by atoms with Gasteiger partial charge in [-0.25, -0.2) is 9.59 Å². The summed E-state index contributed by atoms with van der Waals surface area (Å²) in [6.45, 7) is 22.6. The number of aliphatic hydroxyl groups excluding tert-OH is 6. The lowest BCUT2D eigenvalue weighted by atomic mass is 9.44. The largest absolute Gasteiger partial charge is 0.455 e. The minimum absolute atomic E-state index is 0. The molecule has 0 amide bonds. The van der Waals surface area contributed by atoms with Gasteiger partial charge in [-0.15, -0.1) is 0 Å². The lowest BCUT2D eigenvalue weighted by Crippen LogP contribution is -2.82. The monoisotopic (exact) mass is 1250 g/mol. The number of ether oxygens (including phenoxy) is 7. The fraction of sp³-hybridized carbons (Fsp3) is 0.701. The number of methoxy groups -OCH3 is 1.